The number of hydrogen-bond acceptors (Lipinski definition) is 1. The molecule has 1 heteroatoms. The second kappa shape index (κ2) is 7.85. The highest BCUT2D eigenvalue weighted by Crippen LogP contribution is 2.67. The van der Waals surface area contributed by atoms with E-state index in [9.17, 15) is 5.11 Å². The zero-order valence-corrected chi connectivity index (χ0v) is 20.0. The summed E-state index contributed by atoms with van der Waals surface area (Å²) in [6, 6.07) is 0. The summed E-state index contributed by atoms with van der Waals surface area (Å²) in [5, 5.41) is 10.2. The van der Waals surface area contributed by atoms with E-state index in [0.717, 1.165) is 42.4 Å². The van der Waals surface area contributed by atoms with Crippen LogP contribution in [0.4, 0.5) is 0 Å². The van der Waals surface area contributed by atoms with Crippen LogP contribution in [0.2, 0.25) is 0 Å². The average molecular weight is 399 g/mol. The molecule has 4 aliphatic carbocycles. The topological polar surface area (TPSA) is 20.2 Å². The summed E-state index contributed by atoms with van der Waals surface area (Å²) >= 11 is 0. The highest BCUT2D eigenvalue weighted by Gasteiger charge is 2.58. The number of fused-ring (bicyclic) bond motifs is 5. The minimum Gasteiger partial charge on any atom is -0.393 e. The van der Waals surface area contributed by atoms with Gasteiger partial charge in [-0.1, -0.05) is 65.3 Å². The van der Waals surface area contributed by atoms with Crippen molar-refractivity contribution in [2.24, 2.45) is 52.3 Å². The van der Waals surface area contributed by atoms with Gasteiger partial charge in [-0.2, -0.15) is 0 Å². The summed E-state index contributed by atoms with van der Waals surface area (Å²) in [5.41, 5.74) is 2.51. The fourth-order valence-electron chi connectivity index (χ4n) is 8.25. The predicted octanol–water partition coefficient (Wildman–Crippen LogP) is 7.41. The van der Waals surface area contributed by atoms with Gasteiger partial charge in [0.1, 0.15) is 0 Å². The fourth-order valence-corrected chi connectivity index (χ4v) is 8.25. The van der Waals surface area contributed by atoms with Crippen LogP contribution < -0.4 is 0 Å². The number of hydrogen-bond donors (Lipinski definition) is 1. The van der Waals surface area contributed by atoms with Gasteiger partial charge >= 0.3 is 0 Å². The molecule has 3 saturated carbocycles. The average Bonchev–Trinajstić information content (AvgIpc) is 3.03. The molecule has 1 nitrogen and oxygen atoms in total. The van der Waals surface area contributed by atoms with Crippen molar-refractivity contribution in [2.45, 2.75) is 99.0 Å². The lowest BCUT2D eigenvalue weighted by Gasteiger charge is -2.58. The van der Waals surface area contributed by atoms with Gasteiger partial charge in [0.15, 0.2) is 0 Å². The molecular formula is C28H46O. The van der Waals surface area contributed by atoms with Crippen LogP contribution in [0.15, 0.2) is 23.8 Å². The van der Waals surface area contributed by atoms with E-state index in [2.05, 4.69) is 59.8 Å². The molecule has 4 aliphatic rings. The SMILES string of the molecule is CC(C)[C@H](C)/C=C/[C@H](C)[C@H]1CC[C@H]2[C@@H]3CC=C4C[C@@H](O)CC[C@]4(C)[C@H]3CC[C@]12C. The van der Waals surface area contributed by atoms with Gasteiger partial charge < -0.3 is 5.11 Å². The van der Waals surface area contributed by atoms with E-state index >= 15 is 0 Å². The van der Waals surface area contributed by atoms with E-state index in [0.29, 0.717) is 22.7 Å². The van der Waals surface area contributed by atoms with Crippen LogP contribution in [0.25, 0.3) is 0 Å². The van der Waals surface area contributed by atoms with E-state index in [-0.39, 0.29) is 6.10 Å². The largest absolute Gasteiger partial charge is 0.393 e. The Morgan fingerprint density at radius 2 is 1.72 bits per heavy atom. The third kappa shape index (κ3) is 3.58. The van der Waals surface area contributed by atoms with Crippen LogP contribution in [-0.4, -0.2) is 11.2 Å². The highest BCUT2D eigenvalue weighted by molar-refractivity contribution is 5.25. The first kappa shape index (κ1) is 21.7. The van der Waals surface area contributed by atoms with Crippen LogP contribution in [0, 0.1) is 52.3 Å². The van der Waals surface area contributed by atoms with Crippen molar-refractivity contribution in [1.82, 2.24) is 0 Å². The molecule has 0 saturated heterocycles. The van der Waals surface area contributed by atoms with Crippen LogP contribution >= 0.6 is 0 Å². The third-order valence-corrected chi connectivity index (χ3v) is 10.6. The Hall–Kier alpha value is -0.560. The van der Waals surface area contributed by atoms with Crippen molar-refractivity contribution in [3.8, 4) is 0 Å². The predicted molar refractivity (Wildman–Crippen MR) is 124 cm³/mol. The second-order valence-electron chi connectivity index (χ2n) is 12.2. The molecule has 9 atom stereocenters. The molecule has 3 fully saturated rings. The Kier molecular flexibility index (Phi) is 5.86. The van der Waals surface area contributed by atoms with Gasteiger partial charge in [-0.25, -0.2) is 0 Å². The Morgan fingerprint density at radius 3 is 2.45 bits per heavy atom. The van der Waals surface area contributed by atoms with Crippen LogP contribution in [-0.2, 0) is 0 Å². The highest BCUT2D eigenvalue weighted by atomic mass is 16.3. The van der Waals surface area contributed by atoms with Crippen LogP contribution in [0.3, 0.4) is 0 Å². The number of rotatable bonds is 4. The van der Waals surface area contributed by atoms with Crippen molar-refractivity contribution < 1.29 is 5.11 Å². The van der Waals surface area contributed by atoms with Crippen molar-refractivity contribution in [2.75, 3.05) is 0 Å². The minimum atomic E-state index is -0.0866. The standard InChI is InChI=1S/C28H46O/c1-18(2)19(3)7-8-20(4)24-11-12-25-23-10-9-21-17-22(29)13-15-27(21,5)26(23)14-16-28(24,25)6/h7-9,18-20,22-26,29H,10-17H2,1-6H3/b8-7+/t19-,20+,22+,23+,24-,25+,26+,27+,28-/m1/s1. The molecule has 0 spiro atoms. The number of allylic oxidation sites excluding steroid dienone is 3. The molecule has 1 N–H and O–H groups in total. The first-order valence-electron chi connectivity index (χ1n) is 12.7. The molecule has 0 heterocycles. The maximum Gasteiger partial charge on any atom is 0.0577 e. The van der Waals surface area contributed by atoms with E-state index < -0.39 is 0 Å². The molecule has 0 aromatic rings. The van der Waals surface area contributed by atoms with Gasteiger partial charge in [0, 0.05) is 0 Å². The van der Waals surface area contributed by atoms with Gasteiger partial charge in [-0.15, -0.1) is 0 Å². The Bertz CT molecular complexity index is 659. The van der Waals surface area contributed by atoms with Crippen LogP contribution in [0.5, 0.6) is 0 Å². The van der Waals surface area contributed by atoms with Crippen LogP contribution in [0.1, 0.15) is 92.9 Å². The molecule has 164 valence electrons. The second-order valence-corrected chi connectivity index (χ2v) is 12.2. The lowest BCUT2D eigenvalue weighted by Crippen LogP contribution is -2.50. The van der Waals surface area contributed by atoms with E-state index in [1.807, 2.05) is 0 Å². The van der Waals surface area contributed by atoms with Gasteiger partial charge in [-0.3, -0.25) is 0 Å². The van der Waals surface area contributed by atoms with Crippen molar-refractivity contribution >= 4 is 0 Å². The number of aliphatic hydroxyl groups is 1. The maximum absolute atomic E-state index is 10.2. The first-order chi connectivity index (χ1) is 13.7. The Labute approximate surface area is 180 Å². The van der Waals surface area contributed by atoms with Gasteiger partial charge in [0.05, 0.1) is 6.10 Å². The molecule has 0 amide bonds. The smallest absolute Gasteiger partial charge is 0.0577 e. The van der Waals surface area contributed by atoms with Gasteiger partial charge in [0.25, 0.3) is 0 Å². The third-order valence-electron chi connectivity index (χ3n) is 10.6. The van der Waals surface area contributed by atoms with Gasteiger partial charge in [0.2, 0.25) is 0 Å². The van der Waals surface area contributed by atoms with Gasteiger partial charge in [-0.05, 0) is 104 Å². The molecule has 0 aliphatic heterocycles. The summed E-state index contributed by atoms with van der Waals surface area (Å²) in [7, 11) is 0. The lowest BCUT2D eigenvalue weighted by molar-refractivity contribution is -0.0540. The molecule has 0 bridgehead atoms. The molecule has 0 aromatic heterocycles. The lowest BCUT2D eigenvalue weighted by atomic mass is 9.47. The quantitative estimate of drug-likeness (QED) is 0.489. The summed E-state index contributed by atoms with van der Waals surface area (Å²) in [6.45, 7) is 14.7. The minimum absolute atomic E-state index is 0.0866. The summed E-state index contributed by atoms with van der Waals surface area (Å²) in [4.78, 5) is 0. The number of aliphatic hydroxyl groups excluding tert-OH is 1. The molecule has 0 aromatic carbocycles. The molecule has 4 rings (SSSR count). The van der Waals surface area contributed by atoms with Crippen molar-refractivity contribution in [3.05, 3.63) is 23.8 Å². The Morgan fingerprint density at radius 1 is 0.966 bits per heavy atom. The monoisotopic (exact) mass is 398 g/mol. The summed E-state index contributed by atoms with van der Waals surface area (Å²) < 4.78 is 0. The fraction of sp³-hybridized carbons (Fsp3) is 0.857. The van der Waals surface area contributed by atoms with Crippen molar-refractivity contribution in [3.63, 3.8) is 0 Å². The summed E-state index contributed by atoms with van der Waals surface area (Å²) in [6.07, 6.45) is 17.7. The zero-order chi connectivity index (χ0) is 21.0. The normalized spacial score (nSPS) is 46.8. The zero-order valence-electron chi connectivity index (χ0n) is 20.0. The first-order valence-corrected chi connectivity index (χ1v) is 12.7. The van der Waals surface area contributed by atoms with E-state index in [4.69, 9.17) is 0 Å². The maximum atomic E-state index is 10.2. The Balaban J connectivity index is 1.53. The van der Waals surface area contributed by atoms with E-state index in [1.165, 1.54) is 38.5 Å². The van der Waals surface area contributed by atoms with E-state index in [1.54, 1.807) is 5.57 Å². The molecule has 0 unspecified atom stereocenters. The molecule has 29 heavy (non-hydrogen) atoms. The molecular weight excluding hydrogens is 352 g/mol. The molecule has 0 radical (unpaired) electrons. The summed E-state index contributed by atoms with van der Waals surface area (Å²) in [5.74, 6) is 5.63. The van der Waals surface area contributed by atoms with Crippen molar-refractivity contribution in [1.29, 1.82) is 0 Å².